The molecule has 3 heterocycles. The van der Waals surface area contributed by atoms with E-state index in [0.29, 0.717) is 22.3 Å². The number of ketones is 1. The van der Waals surface area contributed by atoms with Crippen LogP contribution >= 0.6 is 0 Å². The molecule has 9 heteroatoms. The van der Waals surface area contributed by atoms with Crippen molar-refractivity contribution in [3.05, 3.63) is 83.1 Å². The standard InChI is InChI=1S/C26H22FN3O5/c1-13(2)35-19-9-6-15(11-14(19)3)23(31)21-22(20-5-4-10-34-20)30(25(33)24(21)32)26-28-17-8-7-16(27)12-18(17)29-26/h4-13,22,31H,1-3H3,(H,28,29)/b23-21+. The van der Waals surface area contributed by atoms with E-state index < -0.39 is 23.5 Å². The number of hydrogen-bond acceptors (Lipinski definition) is 6. The third-order valence-corrected chi connectivity index (χ3v) is 5.73. The van der Waals surface area contributed by atoms with Gasteiger partial charge in [0.2, 0.25) is 5.95 Å². The van der Waals surface area contributed by atoms with Gasteiger partial charge >= 0.3 is 5.91 Å². The number of aromatic nitrogens is 2. The molecule has 1 saturated heterocycles. The zero-order valence-electron chi connectivity index (χ0n) is 19.2. The number of carbonyl (C=O) groups is 2. The molecule has 2 N–H and O–H groups in total. The van der Waals surface area contributed by atoms with Gasteiger partial charge in [0.15, 0.2) is 0 Å². The van der Waals surface area contributed by atoms with Gasteiger partial charge in [0.05, 0.1) is 29.0 Å². The molecule has 2 aromatic heterocycles. The number of nitrogens with one attached hydrogen (secondary N) is 1. The third kappa shape index (κ3) is 3.84. The number of Topliss-reactive ketones (excluding diaryl/α,β-unsaturated/α-hetero) is 1. The van der Waals surface area contributed by atoms with E-state index in [9.17, 15) is 19.1 Å². The number of anilines is 1. The Kier molecular flexibility index (Phi) is 5.39. The van der Waals surface area contributed by atoms with Crippen LogP contribution in [0.3, 0.4) is 0 Å². The number of aliphatic hydroxyl groups is 1. The van der Waals surface area contributed by atoms with Crippen molar-refractivity contribution in [1.82, 2.24) is 9.97 Å². The first-order chi connectivity index (χ1) is 16.7. The highest BCUT2D eigenvalue weighted by atomic mass is 19.1. The summed E-state index contributed by atoms with van der Waals surface area (Å²) in [5.74, 6) is -1.68. The van der Waals surface area contributed by atoms with Crippen LogP contribution in [0.15, 0.2) is 64.8 Å². The molecule has 1 aliphatic rings. The zero-order valence-corrected chi connectivity index (χ0v) is 19.2. The molecule has 0 aliphatic carbocycles. The number of benzene rings is 2. The summed E-state index contributed by atoms with van der Waals surface area (Å²) < 4.78 is 25.0. The Balaban J connectivity index is 1.65. The number of furan rings is 1. The van der Waals surface area contributed by atoms with Crippen LogP contribution in [0, 0.1) is 12.7 Å². The molecule has 1 amide bonds. The van der Waals surface area contributed by atoms with Crippen molar-refractivity contribution in [1.29, 1.82) is 0 Å². The van der Waals surface area contributed by atoms with Gasteiger partial charge in [-0.05, 0) is 74.9 Å². The summed E-state index contributed by atoms with van der Waals surface area (Å²) in [6.45, 7) is 5.64. The zero-order chi connectivity index (χ0) is 24.9. The molecule has 0 bridgehead atoms. The second kappa shape index (κ2) is 8.43. The normalized spacial score (nSPS) is 17.6. The van der Waals surface area contributed by atoms with E-state index in [1.54, 1.807) is 30.3 Å². The van der Waals surface area contributed by atoms with E-state index in [1.165, 1.54) is 24.5 Å². The first kappa shape index (κ1) is 22.4. The highest BCUT2D eigenvalue weighted by molar-refractivity contribution is 6.51. The number of imidazole rings is 1. The molecule has 1 atom stereocenters. The number of rotatable bonds is 5. The highest BCUT2D eigenvalue weighted by Crippen LogP contribution is 2.42. The van der Waals surface area contributed by atoms with Gasteiger partial charge in [0.1, 0.15) is 29.1 Å². The van der Waals surface area contributed by atoms with Gasteiger partial charge in [-0.3, -0.25) is 14.5 Å². The lowest BCUT2D eigenvalue weighted by atomic mass is 9.98. The molecule has 4 aromatic rings. The number of H-pyrrole nitrogens is 1. The van der Waals surface area contributed by atoms with Crippen LogP contribution in [0.2, 0.25) is 0 Å². The van der Waals surface area contributed by atoms with Crippen LogP contribution in [0.25, 0.3) is 16.8 Å². The monoisotopic (exact) mass is 475 g/mol. The molecule has 1 fully saturated rings. The predicted molar refractivity (Wildman–Crippen MR) is 126 cm³/mol. The first-order valence-corrected chi connectivity index (χ1v) is 11.0. The topological polar surface area (TPSA) is 109 Å². The Labute approximate surface area is 199 Å². The summed E-state index contributed by atoms with van der Waals surface area (Å²) in [5.41, 5.74) is 1.73. The predicted octanol–water partition coefficient (Wildman–Crippen LogP) is 5.02. The molecule has 2 aromatic carbocycles. The smallest absolute Gasteiger partial charge is 0.302 e. The minimum absolute atomic E-state index is 0.0324. The maximum atomic E-state index is 13.7. The van der Waals surface area contributed by atoms with E-state index >= 15 is 0 Å². The van der Waals surface area contributed by atoms with Crippen molar-refractivity contribution in [2.75, 3.05) is 4.90 Å². The Morgan fingerprint density at radius 2 is 2.00 bits per heavy atom. The van der Waals surface area contributed by atoms with Crippen LogP contribution in [0.4, 0.5) is 10.3 Å². The lowest BCUT2D eigenvalue weighted by Gasteiger charge is -2.20. The second-order valence-corrected chi connectivity index (χ2v) is 8.55. The van der Waals surface area contributed by atoms with Gasteiger partial charge in [0.25, 0.3) is 5.78 Å². The summed E-state index contributed by atoms with van der Waals surface area (Å²) in [6.07, 6.45) is 1.38. The van der Waals surface area contributed by atoms with E-state index in [4.69, 9.17) is 9.15 Å². The molecule has 178 valence electrons. The SMILES string of the molecule is Cc1cc(/C(O)=C2\C(=O)C(=O)N(c3nc4ccc(F)cc4[nH]3)C2c2ccco2)ccc1OC(C)C. The van der Waals surface area contributed by atoms with Crippen molar-refractivity contribution in [3.63, 3.8) is 0 Å². The van der Waals surface area contributed by atoms with Gasteiger partial charge in [-0.2, -0.15) is 0 Å². The van der Waals surface area contributed by atoms with E-state index in [1.807, 2.05) is 20.8 Å². The number of ether oxygens (including phenoxy) is 1. The summed E-state index contributed by atoms with van der Waals surface area (Å²) in [5, 5.41) is 11.2. The number of carbonyl (C=O) groups excluding carboxylic acids is 2. The number of amides is 1. The Hall–Kier alpha value is -4.40. The third-order valence-electron chi connectivity index (χ3n) is 5.73. The molecular weight excluding hydrogens is 453 g/mol. The van der Waals surface area contributed by atoms with E-state index in [-0.39, 0.29) is 29.1 Å². The first-order valence-electron chi connectivity index (χ1n) is 11.0. The fourth-order valence-corrected chi connectivity index (χ4v) is 4.19. The molecule has 0 spiro atoms. The Bertz CT molecular complexity index is 1490. The van der Waals surface area contributed by atoms with Gasteiger partial charge in [-0.15, -0.1) is 0 Å². The van der Waals surface area contributed by atoms with Crippen molar-refractivity contribution in [3.8, 4) is 5.75 Å². The number of aryl methyl sites for hydroxylation is 1. The fourth-order valence-electron chi connectivity index (χ4n) is 4.19. The molecular formula is C26H22FN3O5. The van der Waals surface area contributed by atoms with Crippen LogP contribution in [0.1, 0.15) is 36.8 Å². The lowest BCUT2D eigenvalue weighted by molar-refractivity contribution is -0.132. The van der Waals surface area contributed by atoms with Crippen molar-refractivity contribution in [2.24, 2.45) is 0 Å². The van der Waals surface area contributed by atoms with Crippen LogP contribution in [-0.2, 0) is 9.59 Å². The number of fused-ring (bicyclic) bond motifs is 1. The molecule has 35 heavy (non-hydrogen) atoms. The highest BCUT2D eigenvalue weighted by Gasteiger charge is 2.49. The maximum absolute atomic E-state index is 13.7. The second-order valence-electron chi connectivity index (χ2n) is 8.55. The van der Waals surface area contributed by atoms with Gasteiger partial charge in [-0.25, -0.2) is 9.37 Å². The average Bonchev–Trinajstić information content (AvgIpc) is 3.53. The molecule has 1 unspecified atom stereocenters. The van der Waals surface area contributed by atoms with Crippen molar-refractivity contribution in [2.45, 2.75) is 32.9 Å². The largest absolute Gasteiger partial charge is 0.507 e. The Morgan fingerprint density at radius 3 is 2.69 bits per heavy atom. The number of aliphatic hydroxyl groups excluding tert-OH is 1. The molecule has 8 nitrogen and oxygen atoms in total. The number of aromatic amines is 1. The van der Waals surface area contributed by atoms with Crippen LogP contribution in [-0.4, -0.2) is 32.9 Å². The summed E-state index contributed by atoms with van der Waals surface area (Å²) in [6, 6.07) is 11.1. The molecule has 5 rings (SSSR count). The maximum Gasteiger partial charge on any atom is 0.302 e. The quantitative estimate of drug-likeness (QED) is 0.238. The van der Waals surface area contributed by atoms with Crippen molar-refractivity contribution >= 4 is 34.4 Å². The van der Waals surface area contributed by atoms with Gasteiger partial charge in [0, 0.05) is 5.56 Å². The fraction of sp³-hybridized carbons (Fsp3) is 0.192. The summed E-state index contributed by atoms with van der Waals surface area (Å²) in [4.78, 5) is 34.8. The molecule has 0 radical (unpaired) electrons. The lowest BCUT2D eigenvalue weighted by Crippen LogP contribution is -2.30. The minimum Gasteiger partial charge on any atom is -0.507 e. The molecule has 1 aliphatic heterocycles. The summed E-state index contributed by atoms with van der Waals surface area (Å²) in [7, 11) is 0. The average molecular weight is 475 g/mol. The Morgan fingerprint density at radius 1 is 1.20 bits per heavy atom. The summed E-state index contributed by atoms with van der Waals surface area (Å²) >= 11 is 0. The number of nitrogens with zero attached hydrogens (tertiary/aromatic N) is 2. The number of halogens is 1. The minimum atomic E-state index is -1.08. The number of hydrogen-bond donors (Lipinski definition) is 2. The van der Waals surface area contributed by atoms with Crippen molar-refractivity contribution < 1.29 is 28.2 Å². The van der Waals surface area contributed by atoms with E-state index in [0.717, 1.165) is 10.5 Å². The van der Waals surface area contributed by atoms with E-state index in [2.05, 4.69) is 9.97 Å². The van der Waals surface area contributed by atoms with Crippen LogP contribution in [0.5, 0.6) is 5.75 Å². The van der Waals surface area contributed by atoms with Gasteiger partial charge in [-0.1, -0.05) is 0 Å². The molecule has 0 saturated carbocycles. The van der Waals surface area contributed by atoms with Gasteiger partial charge < -0.3 is 19.2 Å². The van der Waals surface area contributed by atoms with Crippen LogP contribution < -0.4 is 9.64 Å².